The van der Waals surface area contributed by atoms with Crippen LogP contribution in [0.1, 0.15) is 43.7 Å². The van der Waals surface area contributed by atoms with E-state index in [4.69, 9.17) is 23.2 Å². The molecule has 0 aromatic heterocycles. The predicted molar refractivity (Wildman–Crippen MR) is 129 cm³/mol. The zero-order valence-electron chi connectivity index (χ0n) is 17.7. The van der Waals surface area contributed by atoms with Gasteiger partial charge in [-0.25, -0.2) is 0 Å². The largest absolute Gasteiger partial charge is 0.352 e. The summed E-state index contributed by atoms with van der Waals surface area (Å²) >= 11 is 13.6. The normalized spacial score (nSPS) is 14.9. The van der Waals surface area contributed by atoms with Crippen LogP contribution < -0.4 is 5.32 Å². The molecule has 0 spiro atoms. The van der Waals surface area contributed by atoms with Crippen LogP contribution >= 0.6 is 35.0 Å². The van der Waals surface area contributed by atoms with Crippen LogP contribution in [0.5, 0.6) is 0 Å². The van der Waals surface area contributed by atoms with Crippen LogP contribution in [-0.2, 0) is 21.9 Å². The molecule has 0 unspecified atom stereocenters. The van der Waals surface area contributed by atoms with Crippen LogP contribution in [0, 0.1) is 0 Å². The molecule has 0 heterocycles. The summed E-state index contributed by atoms with van der Waals surface area (Å²) in [6.07, 6.45) is 4.34. The van der Waals surface area contributed by atoms with Crippen molar-refractivity contribution in [3.05, 3.63) is 69.7 Å². The van der Waals surface area contributed by atoms with Crippen molar-refractivity contribution in [3.63, 3.8) is 0 Å². The topological polar surface area (TPSA) is 49.4 Å². The molecule has 0 saturated heterocycles. The fourth-order valence-corrected chi connectivity index (χ4v) is 4.90. The van der Waals surface area contributed by atoms with Crippen molar-refractivity contribution in [2.45, 2.75) is 57.0 Å². The Hall–Kier alpha value is -1.69. The Balaban J connectivity index is 1.63. The van der Waals surface area contributed by atoms with Crippen molar-refractivity contribution >= 4 is 46.8 Å². The van der Waals surface area contributed by atoms with E-state index >= 15 is 0 Å². The Labute approximate surface area is 198 Å². The molecule has 3 rings (SSSR count). The smallest absolute Gasteiger partial charge is 0.242 e. The number of hydrogen-bond acceptors (Lipinski definition) is 3. The second-order valence-corrected chi connectivity index (χ2v) is 9.71. The van der Waals surface area contributed by atoms with E-state index < -0.39 is 6.04 Å². The lowest BCUT2D eigenvalue weighted by atomic mass is 10.1. The molecule has 1 fully saturated rings. The molecule has 166 valence electrons. The Bertz CT molecular complexity index is 888. The monoisotopic (exact) mass is 478 g/mol. The Kier molecular flexibility index (Phi) is 9.12. The highest BCUT2D eigenvalue weighted by molar-refractivity contribution is 7.99. The van der Waals surface area contributed by atoms with Gasteiger partial charge in [-0.15, -0.1) is 11.8 Å². The minimum absolute atomic E-state index is 0.0528. The van der Waals surface area contributed by atoms with Crippen molar-refractivity contribution in [1.29, 1.82) is 0 Å². The summed E-state index contributed by atoms with van der Waals surface area (Å²) in [5, 5.41) is 4.15. The van der Waals surface area contributed by atoms with E-state index in [9.17, 15) is 9.59 Å². The van der Waals surface area contributed by atoms with Gasteiger partial charge in [0.1, 0.15) is 6.04 Å². The third kappa shape index (κ3) is 7.16. The van der Waals surface area contributed by atoms with Gasteiger partial charge >= 0.3 is 0 Å². The fourth-order valence-electron chi connectivity index (χ4n) is 3.72. The molecule has 0 aliphatic heterocycles. The summed E-state index contributed by atoms with van der Waals surface area (Å²) < 4.78 is 0. The highest BCUT2D eigenvalue weighted by Crippen LogP contribution is 2.25. The van der Waals surface area contributed by atoms with Crippen molar-refractivity contribution in [3.8, 4) is 0 Å². The van der Waals surface area contributed by atoms with E-state index in [1.807, 2.05) is 49.4 Å². The van der Waals surface area contributed by atoms with E-state index in [-0.39, 0.29) is 23.6 Å². The SMILES string of the molecule is C[C@@H](C(=O)NC1CCCC1)N(Cc1ccccc1)C(=O)CSCc1ccc(Cl)c(Cl)c1. The van der Waals surface area contributed by atoms with Crippen LogP contribution in [0.4, 0.5) is 0 Å². The van der Waals surface area contributed by atoms with Crippen LogP contribution in [0.2, 0.25) is 10.0 Å². The van der Waals surface area contributed by atoms with E-state index in [0.29, 0.717) is 22.3 Å². The average Bonchev–Trinajstić information content (AvgIpc) is 3.27. The average molecular weight is 479 g/mol. The van der Waals surface area contributed by atoms with Gasteiger partial charge < -0.3 is 10.2 Å². The number of rotatable bonds is 9. The minimum Gasteiger partial charge on any atom is -0.352 e. The van der Waals surface area contributed by atoms with Gasteiger partial charge in [-0.3, -0.25) is 9.59 Å². The molecule has 2 aromatic rings. The minimum atomic E-state index is -0.529. The Morgan fingerprint density at radius 1 is 1.06 bits per heavy atom. The predicted octanol–water partition coefficient (Wildman–Crippen LogP) is 5.70. The molecular formula is C24H28Cl2N2O2S. The van der Waals surface area contributed by atoms with Crippen LogP contribution in [0.25, 0.3) is 0 Å². The lowest BCUT2D eigenvalue weighted by molar-refractivity contribution is -0.138. The highest BCUT2D eigenvalue weighted by atomic mass is 35.5. The molecule has 2 aromatic carbocycles. The number of amides is 2. The summed E-state index contributed by atoms with van der Waals surface area (Å²) in [5.74, 6) is 0.798. The van der Waals surface area contributed by atoms with Gasteiger partial charge in [0.25, 0.3) is 0 Å². The van der Waals surface area contributed by atoms with Crippen LogP contribution in [-0.4, -0.2) is 34.6 Å². The molecule has 0 bridgehead atoms. The quantitative estimate of drug-likeness (QED) is 0.502. The van der Waals surface area contributed by atoms with E-state index in [2.05, 4.69) is 5.32 Å². The lowest BCUT2D eigenvalue weighted by Crippen LogP contribution is -2.50. The van der Waals surface area contributed by atoms with E-state index in [1.54, 1.807) is 11.0 Å². The van der Waals surface area contributed by atoms with Crippen LogP contribution in [0.15, 0.2) is 48.5 Å². The van der Waals surface area contributed by atoms with Gasteiger partial charge in [-0.1, -0.05) is 72.4 Å². The number of benzene rings is 2. The number of nitrogens with zero attached hydrogens (tertiary/aromatic N) is 1. The molecular weight excluding hydrogens is 451 g/mol. The molecule has 1 aliphatic rings. The number of carbonyl (C=O) groups is 2. The van der Waals surface area contributed by atoms with Gasteiger partial charge in [-0.05, 0) is 43.0 Å². The third-order valence-electron chi connectivity index (χ3n) is 5.54. The van der Waals surface area contributed by atoms with Crippen molar-refractivity contribution in [2.24, 2.45) is 0 Å². The first kappa shape index (κ1) is 24.0. The summed E-state index contributed by atoms with van der Waals surface area (Å²) in [7, 11) is 0. The van der Waals surface area contributed by atoms with Gasteiger partial charge in [0.05, 0.1) is 15.8 Å². The number of thioether (sulfide) groups is 1. The number of carbonyl (C=O) groups excluding carboxylic acids is 2. The highest BCUT2D eigenvalue weighted by Gasteiger charge is 2.28. The summed E-state index contributed by atoms with van der Waals surface area (Å²) in [6, 6.07) is 15.0. The molecule has 1 N–H and O–H groups in total. The molecule has 0 radical (unpaired) electrons. The molecule has 1 saturated carbocycles. The zero-order valence-corrected chi connectivity index (χ0v) is 20.0. The van der Waals surface area contributed by atoms with Gasteiger partial charge in [0.15, 0.2) is 0 Å². The second-order valence-electron chi connectivity index (χ2n) is 7.91. The number of hydrogen-bond donors (Lipinski definition) is 1. The maximum absolute atomic E-state index is 13.1. The van der Waals surface area contributed by atoms with Crippen molar-refractivity contribution < 1.29 is 9.59 Å². The van der Waals surface area contributed by atoms with Gasteiger partial charge in [-0.2, -0.15) is 0 Å². The first-order chi connectivity index (χ1) is 14.9. The summed E-state index contributed by atoms with van der Waals surface area (Å²) in [6.45, 7) is 2.22. The lowest BCUT2D eigenvalue weighted by Gasteiger charge is -2.29. The molecule has 1 atom stereocenters. The Morgan fingerprint density at radius 2 is 1.77 bits per heavy atom. The fraction of sp³-hybridized carbons (Fsp3) is 0.417. The first-order valence-corrected chi connectivity index (χ1v) is 12.5. The van der Waals surface area contributed by atoms with Gasteiger partial charge in [0, 0.05) is 18.3 Å². The van der Waals surface area contributed by atoms with Crippen molar-refractivity contribution in [1.82, 2.24) is 10.2 Å². The molecule has 2 amide bonds. The third-order valence-corrected chi connectivity index (χ3v) is 7.27. The van der Waals surface area contributed by atoms with Gasteiger partial charge in [0.2, 0.25) is 11.8 Å². The van der Waals surface area contributed by atoms with E-state index in [1.165, 1.54) is 11.8 Å². The maximum atomic E-state index is 13.1. The summed E-state index contributed by atoms with van der Waals surface area (Å²) in [4.78, 5) is 27.7. The first-order valence-electron chi connectivity index (χ1n) is 10.6. The second kappa shape index (κ2) is 11.8. The number of halogens is 2. The maximum Gasteiger partial charge on any atom is 0.242 e. The Morgan fingerprint density at radius 3 is 2.45 bits per heavy atom. The molecule has 1 aliphatic carbocycles. The summed E-state index contributed by atoms with van der Waals surface area (Å²) in [5.41, 5.74) is 2.01. The zero-order chi connectivity index (χ0) is 22.2. The van der Waals surface area contributed by atoms with Crippen LogP contribution in [0.3, 0.4) is 0 Å². The van der Waals surface area contributed by atoms with E-state index in [0.717, 1.165) is 36.8 Å². The number of nitrogens with one attached hydrogen (secondary N) is 1. The van der Waals surface area contributed by atoms with Crippen molar-refractivity contribution in [2.75, 3.05) is 5.75 Å². The molecule has 4 nitrogen and oxygen atoms in total. The standard InChI is InChI=1S/C24H28Cl2N2O2S/c1-17(24(30)27-20-9-5-6-10-20)28(14-18-7-3-2-4-8-18)23(29)16-31-15-19-11-12-21(25)22(26)13-19/h2-4,7-8,11-13,17,20H,5-6,9-10,14-16H2,1H3,(H,27,30)/t17-/m0/s1. The molecule has 31 heavy (non-hydrogen) atoms. The molecule has 7 heteroatoms.